The summed E-state index contributed by atoms with van der Waals surface area (Å²) in [6.07, 6.45) is 0.735. The van der Waals surface area contributed by atoms with Gasteiger partial charge in [0, 0.05) is 12.1 Å². The summed E-state index contributed by atoms with van der Waals surface area (Å²) in [4.78, 5) is 11.3. The van der Waals surface area contributed by atoms with E-state index in [-0.39, 0.29) is 5.91 Å². The van der Waals surface area contributed by atoms with Crippen LogP contribution >= 0.6 is 0 Å². The molecule has 1 amide bonds. The number of carbonyl (C=O) groups is 1. The molecule has 0 bridgehead atoms. The molecule has 18 heavy (non-hydrogen) atoms. The molecule has 4 nitrogen and oxygen atoms in total. The highest BCUT2D eigenvalue weighted by molar-refractivity contribution is 5.92. The van der Waals surface area contributed by atoms with E-state index in [1.54, 1.807) is 21.1 Å². The van der Waals surface area contributed by atoms with Crippen molar-refractivity contribution in [1.29, 1.82) is 0 Å². The van der Waals surface area contributed by atoms with Crippen LogP contribution in [0.4, 0.5) is 0 Å². The lowest BCUT2D eigenvalue weighted by atomic mass is 10.1. The average Bonchev–Trinajstić information content (AvgIpc) is 2.38. The number of hydrogen-bond donors (Lipinski definition) is 1. The van der Waals surface area contributed by atoms with Crippen molar-refractivity contribution in [2.75, 3.05) is 20.8 Å². The topological polar surface area (TPSA) is 47.6 Å². The van der Waals surface area contributed by atoms with Crippen molar-refractivity contribution < 1.29 is 14.3 Å². The summed E-state index contributed by atoms with van der Waals surface area (Å²) < 4.78 is 10.4. The fraction of sp³-hybridized carbons (Fsp3) is 0.357. The molecular formula is C14H19NO3. The maximum absolute atomic E-state index is 11.3. The second kappa shape index (κ2) is 6.69. The van der Waals surface area contributed by atoms with Gasteiger partial charge in [0.25, 0.3) is 0 Å². The van der Waals surface area contributed by atoms with Crippen LogP contribution in [0.15, 0.2) is 30.4 Å². The molecular weight excluding hydrogens is 230 g/mol. The van der Waals surface area contributed by atoms with Gasteiger partial charge in [0.05, 0.1) is 14.2 Å². The maximum Gasteiger partial charge on any atom is 0.246 e. The third-order valence-corrected chi connectivity index (χ3v) is 2.53. The quantitative estimate of drug-likeness (QED) is 0.784. The third kappa shape index (κ3) is 3.80. The first kappa shape index (κ1) is 14.1. The van der Waals surface area contributed by atoms with E-state index < -0.39 is 0 Å². The zero-order valence-electron chi connectivity index (χ0n) is 11.1. The lowest BCUT2D eigenvalue weighted by Crippen LogP contribution is -2.25. The normalized spacial score (nSPS) is 9.72. The van der Waals surface area contributed by atoms with Gasteiger partial charge in [-0.2, -0.15) is 0 Å². The maximum atomic E-state index is 11.3. The first-order valence-electron chi connectivity index (χ1n) is 5.73. The van der Waals surface area contributed by atoms with E-state index in [9.17, 15) is 4.79 Å². The Hall–Kier alpha value is -1.97. The second-order valence-electron chi connectivity index (χ2n) is 3.98. The lowest BCUT2D eigenvalue weighted by Gasteiger charge is -2.10. The van der Waals surface area contributed by atoms with Gasteiger partial charge in [-0.1, -0.05) is 12.6 Å². The number of carbonyl (C=O) groups excluding carboxylic acids is 1. The molecule has 98 valence electrons. The van der Waals surface area contributed by atoms with E-state index in [4.69, 9.17) is 9.47 Å². The van der Waals surface area contributed by atoms with Gasteiger partial charge in [0.2, 0.25) is 5.91 Å². The molecule has 4 heteroatoms. The Balaban J connectivity index is 2.58. The molecule has 0 saturated carbocycles. The number of nitrogens with one attached hydrogen (secondary N) is 1. The Kier molecular flexibility index (Phi) is 5.24. The fourth-order valence-corrected chi connectivity index (χ4v) is 1.51. The largest absolute Gasteiger partial charge is 0.493 e. The average molecular weight is 249 g/mol. The molecule has 0 aliphatic heterocycles. The van der Waals surface area contributed by atoms with Crippen molar-refractivity contribution in [2.45, 2.75) is 13.3 Å². The van der Waals surface area contributed by atoms with Crippen molar-refractivity contribution in [3.63, 3.8) is 0 Å². The van der Waals surface area contributed by atoms with E-state index in [0.717, 1.165) is 12.0 Å². The predicted octanol–water partition coefficient (Wildman–Crippen LogP) is 1.94. The Bertz CT molecular complexity index is 441. The molecule has 0 atom stereocenters. The molecule has 0 fully saturated rings. The molecule has 0 aromatic heterocycles. The zero-order valence-corrected chi connectivity index (χ0v) is 11.1. The second-order valence-corrected chi connectivity index (χ2v) is 3.98. The zero-order chi connectivity index (χ0) is 13.5. The molecule has 0 radical (unpaired) electrons. The number of rotatable bonds is 6. The van der Waals surface area contributed by atoms with Gasteiger partial charge in [-0.25, -0.2) is 0 Å². The minimum atomic E-state index is -0.115. The number of methoxy groups -OCH3 is 2. The van der Waals surface area contributed by atoms with Crippen LogP contribution in [0.5, 0.6) is 11.5 Å². The van der Waals surface area contributed by atoms with Gasteiger partial charge in [-0.05, 0) is 31.0 Å². The SMILES string of the molecule is C=C(C)C(=O)NCCc1ccc(OC)c(OC)c1. The Morgan fingerprint density at radius 3 is 2.50 bits per heavy atom. The minimum Gasteiger partial charge on any atom is -0.493 e. The molecule has 1 rings (SSSR count). The van der Waals surface area contributed by atoms with Crippen LogP contribution in [0.25, 0.3) is 0 Å². The summed E-state index contributed by atoms with van der Waals surface area (Å²) in [6, 6.07) is 5.72. The molecule has 1 aromatic carbocycles. The number of ether oxygens (including phenoxy) is 2. The van der Waals surface area contributed by atoms with Crippen LogP contribution in [-0.2, 0) is 11.2 Å². The number of benzene rings is 1. The molecule has 0 aliphatic rings. The third-order valence-electron chi connectivity index (χ3n) is 2.53. The molecule has 1 aromatic rings. The first-order chi connectivity index (χ1) is 8.58. The molecule has 0 heterocycles. The van der Waals surface area contributed by atoms with Crippen LogP contribution in [0.2, 0.25) is 0 Å². The number of hydrogen-bond acceptors (Lipinski definition) is 3. The van der Waals surface area contributed by atoms with Gasteiger partial charge in [-0.15, -0.1) is 0 Å². The molecule has 0 spiro atoms. The molecule has 0 unspecified atom stereocenters. The van der Waals surface area contributed by atoms with Gasteiger partial charge < -0.3 is 14.8 Å². The highest BCUT2D eigenvalue weighted by atomic mass is 16.5. The summed E-state index contributed by atoms with van der Waals surface area (Å²) >= 11 is 0. The van der Waals surface area contributed by atoms with E-state index in [0.29, 0.717) is 23.6 Å². The van der Waals surface area contributed by atoms with E-state index in [2.05, 4.69) is 11.9 Å². The van der Waals surface area contributed by atoms with Gasteiger partial charge in [0.15, 0.2) is 11.5 Å². The number of amides is 1. The van der Waals surface area contributed by atoms with Crippen molar-refractivity contribution in [3.8, 4) is 11.5 Å². The Labute approximate surface area is 108 Å². The summed E-state index contributed by atoms with van der Waals surface area (Å²) in [7, 11) is 3.20. The summed E-state index contributed by atoms with van der Waals surface area (Å²) in [5.41, 5.74) is 1.59. The fourth-order valence-electron chi connectivity index (χ4n) is 1.51. The van der Waals surface area contributed by atoms with Crippen LogP contribution in [-0.4, -0.2) is 26.7 Å². The Morgan fingerprint density at radius 2 is 1.94 bits per heavy atom. The molecule has 0 saturated heterocycles. The predicted molar refractivity (Wildman–Crippen MR) is 71.1 cm³/mol. The van der Waals surface area contributed by atoms with E-state index >= 15 is 0 Å². The van der Waals surface area contributed by atoms with Crippen LogP contribution in [0.3, 0.4) is 0 Å². The smallest absolute Gasteiger partial charge is 0.246 e. The highest BCUT2D eigenvalue weighted by Gasteiger charge is 2.05. The summed E-state index contributed by atoms with van der Waals surface area (Å²) in [6.45, 7) is 5.84. The minimum absolute atomic E-state index is 0.115. The lowest BCUT2D eigenvalue weighted by molar-refractivity contribution is -0.117. The monoisotopic (exact) mass is 249 g/mol. The Morgan fingerprint density at radius 1 is 1.28 bits per heavy atom. The van der Waals surface area contributed by atoms with E-state index in [1.165, 1.54) is 0 Å². The molecule has 1 N–H and O–H groups in total. The van der Waals surface area contributed by atoms with Crippen molar-refractivity contribution >= 4 is 5.91 Å². The van der Waals surface area contributed by atoms with Crippen LogP contribution < -0.4 is 14.8 Å². The van der Waals surface area contributed by atoms with Crippen LogP contribution in [0.1, 0.15) is 12.5 Å². The van der Waals surface area contributed by atoms with E-state index in [1.807, 2.05) is 18.2 Å². The van der Waals surface area contributed by atoms with Crippen molar-refractivity contribution in [3.05, 3.63) is 35.9 Å². The summed E-state index contributed by atoms with van der Waals surface area (Å²) in [5.74, 6) is 1.28. The molecule has 0 aliphatic carbocycles. The van der Waals surface area contributed by atoms with Crippen molar-refractivity contribution in [1.82, 2.24) is 5.32 Å². The standard InChI is InChI=1S/C14H19NO3/c1-10(2)14(16)15-8-7-11-5-6-12(17-3)13(9-11)18-4/h5-6,9H,1,7-8H2,2-4H3,(H,15,16). The first-order valence-corrected chi connectivity index (χ1v) is 5.73. The highest BCUT2D eigenvalue weighted by Crippen LogP contribution is 2.27. The van der Waals surface area contributed by atoms with Gasteiger partial charge in [0.1, 0.15) is 0 Å². The van der Waals surface area contributed by atoms with Gasteiger partial charge in [-0.3, -0.25) is 4.79 Å². The van der Waals surface area contributed by atoms with Crippen molar-refractivity contribution in [2.24, 2.45) is 0 Å². The van der Waals surface area contributed by atoms with Crippen LogP contribution in [0, 0.1) is 0 Å². The van der Waals surface area contributed by atoms with Gasteiger partial charge >= 0.3 is 0 Å². The summed E-state index contributed by atoms with van der Waals surface area (Å²) in [5, 5.41) is 2.79.